The predicted octanol–water partition coefficient (Wildman–Crippen LogP) is 6.44. The third kappa shape index (κ3) is 12.3. The van der Waals surface area contributed by atoms with Crippen molar-refractivity contribution in [1.29, 1.82) is 0 Å². The van der Waals surface area contributed by atoms with Crippen LogP contribution >= 0.6 is 0 Å². The minimum atomic E-state index is -2.36. The summed E-state index contributed by atoms with van der Waals surface area (Å²) in [5.41, 5.74) is 2.58. The van der Waals surface area contributed by atoms with Gasteiger partial charge in [-0.1, -0.05) is 91.0 Å². The van der Waals surface area contributed by atoms with E-state index in [1.165, 1.54) is 53.3 Å². The van der Waals surface area contributed by atoms with Gasteiger partial charge in [0.15, 0.2) is 13.2 Å². The first-order valence-electron chi connectivity index (χ1n) is 16.9. The Morgan fingerprint density at radius 3 is 1.22 bits per heavy atom. The summed E-state index contributed by atoms with van der Waals surface area (Å²) in [4.78, 5) is 9.83. The Bertz CT molecular complexity index is 1730. The van der Waals surface area contributed by atoms with E-state index in [4.69, 9.17) is 14.3 Å². The van der Waals surface area contributed by atoms with Crippen LogP contribution in [0, 0.1) is 0 Å². The topological polar surface area (TPSA) is 81.6 Å². The molecule has 0 N–H and O–H groups in total. The van der Waals surface area contributed by atoms with Gasteiger partial charge < -0.3 is 14.7 Å². The molecule has 3 aromatic carbocycles. The molecule has 0 radical (unpaired) electrons. The van der Waals surface area contributed by atoms with Crippen molar-refractivity contribution < 1.29 is 60.2 Å². The molecule has 0 amide bonds. The molecule has 14 heteroatoms. The number of halogens is 6. The van der Waals surface area contributed by atoms with E-state index in [9.17, 15) is 36.4 Å². The van der Waals surface area contributed by atoms with Crippen LogP contribution in [0.2, 0.25) is 0 Å². The second kappa shape index (κ2) is 22.6. The minimum absolute atomic E-state index is 0.159. The molecular formula is C40H39BF6N2O5. The van der Waals surface area contributed by atoms with Crippen LogP contribution in [-0.4, -0.2) is 27.1 Å². The summed E-state index contributed by atoms with van der Waals surface area (Å²) in [7, 11) is -2.23. The van der Waals surface area contributed by atoms with Gasteiger partial charge >= 0.3 is 12.2 Å². The molecule has 0 saturated carbocycles. The maximum absolute atomic E-state index is 12.9. The van der Waals surface area contributed by atoms with Crippen LogP contribution < -0.4 is 29.2 Å². The summed E-state index contributed by atoms with van der Waals surface area (Å²) in [6.45, 7) is 4.05. The molecule has 7 nitrogen and oxygen atoms in total. The molecule has 5 aromatic rings. The molecule has 2 aromatic heterocycles. The van der Waals surface area contributed by atoms with E-state index in [1.807, 2.05) is 54.6 Å². The van der Waals surface area contributed by atoms with E-state index < -0.39 is 31.1 Å². The number of nitrogens with zero attached hydrogens (tertiary/aromatic N) is 2. The third-order valence-electron chi connectivity index (χ3n) is 7.72. The molecule has 0 atom stereocenters. The zero-order valence-electron chi connectivity index (χ0n) is 29.6. The molecule has 54 heavy (non-hydrogen) atoms. The van der Waals surface area contributed by atoms with E-state index >= 15 is 0 Å². The van der Waals surface area contributed by atoms with Crippen LogP contribution in [0.5, 0.6) is 0 Å². The molecule has 0 aliphatic heterocycles. The van der Waals surface area contributed by atoms with Gasteiger partial charge in [0.05, 0.1) is 7.32 Å². The van der Waals surface area contributed by atoms with Crippen LogP contribution in [0.15, 0.2) is 152 Å². The molecule has 0 unspecified atom stereocenters. The zero-order chi connectivity index (χ0) is 39.3. The van der Waals surface area contributed by atoms with Gasteiger partial charge in [0.25, 0.3) is 23.0 Å². The SMILES string of the molecule is CCO[n+]1ccccc1C(F)=C(F)F.CCO[n+]1ccccc1C(F)=C(F)F.[O-]B([O-])OCCCC(c1ccccc1)(c1ccccc1)c1ccccc1. The highest BCUT2D eigenvalue weighted by molar-refractivity contribution is 6.28. The Morgan fingerprint density at radius 2 is 0.907 bits per heavy atom. The largest absolute Gasteiger partial charge is 0.871 e. The Labute approximate surface area is 310 Å². The smallest absolute Gasteiger partial charge is 0.312 e. The average molecular weight is 753 g/mol. The van der Waals surface area contributed by atoms with Crippen molar-refractivity contribution in [2.45, 2.75) is 32.1 Å². The Hall–Kier alpha value is -5.44. The van der Waals surface area contributed by atoms with Gasteiger partial charge in [0.1, 0.15) is 0 Å². The zero-order valence-corrected chi connectivity index (χ0v) is 29.6. The Morgan fingerprint density at radius 1 is 0.556 bits per heavy atom. The number of rotatable bonds is 14. The second-order valence-electron chi connectivity index (χ2n) is 11.1. The molecular weight excluding hydrogens is 713 g/mol. The van der Waals surface area contributed by atoms with Crippen molar-refractivity contribution in [3.05, 3.63) is 180 Å². The summed E-state index contributed by atoms with van der Waals surface area (Å²) in [6, 6.07) is 39.5. The van der Waals surface area contributed by atoms with Crippen LogP contribution in [0.25, 0.3) is 11.7 Å². The Balaban J connectivity index is 0.000000238. The summed E-state index contributed by atoms with van der Waals surface area (Å²) < 4.78 is 80.3. The highest BCUT2D eigenvalue weighted by atomic mass is 19.3. The number of pyridine rings is 2. The molecule has 0 aliphatic rings. The van der Waals surface area contributed by atoms with Crippen molar-refractivity contribution in [3.8, 4) is 0 Å². The Kier molecular flexibility index (Phi) is 18.0. The maximum Gasteiger partial charge on any atom is 0.312 e. The lowest BCUT2D eigenvalue weighted by Crippen LogP contribution is -2.48. The standard InChI is InChI=1S/C22H21BO3.2C9H9F3NO/c24-23(25)26-18-10-17-22(19-11-4-1-5-12-19,20-13-6-2-7-14-20)21-15-8-3-9-16-21;2*1-2-14-13-6-4-3-5-7(13)8(10)9(11)12/h1-9,11-16H,10,17-18H2;2*3-6H,2H2,1H3/q-2;2*+1. The molecule has 0 spiro atoms. The van der Waals surface area contributed by atoms with Crippen LogP contribution in [0.3, 0.4) is 0 Å². The quantitative estimate of drug-likeness (QED) is 0.0430. The first-order chi connectivity index (χ1) is 26.1. The van der Waals surface area contributed by atoms with Crippen LogP contribution in [0.4, 0.5) is 26.3 Å². The van der Waals surface area contributed by atoms with E-state index in [2.05, 4.69) is 36.4 Å². The average Bonchev–Trinajstić information content (AvgIpc) is 3.19. The second-order valence-corrected chi connectivity index (χ2v) is 11.1. The fourth-order valence-corrected chi connectivity index (χ4v) is 5.51. The molecule has 2 heterocycles. The normalized spacial score (nSPS) is 10.5. The van der Waals surface area contributed by atoms with Gasteiger partial charge in [-0.15, -0.1) is 0 Å². The lowest BCUT2D eigenvalue weighted by molar-refractivity contribution is -0.892. The van der Waals surface area contributed by atoms with E-state index in [-0.39, 0.29) is 36.6 Å². The van der Waals surface area contributed by atoms with Crippen LogP contribution in [-0.2, 0) is 10.1 Å². The van der Waals surface area contributed by atoms with Crippen LogP contribution in [0.1, 0.15) is 54.8 Å². The summed E-state index contributed by atoms with van der Waals surface area (Å²) in [6.07, 6.45) is -0.644. The van der Waals surface area contributed by atoms with Crippen molar-refractivity contribution in [1.82, 2.24) is 0 Å². The number of hydrogen-bond acceptors (Lipinski definition) is 5. The maximum atomic E-state index is 12.9. The molecule has 5 rings (SSSR count). The van der Waals surface area contributed by atoms with Crippen molar-refractivity contribution in [2.24, 2.45) is 0 Å². The van der Waals surface area contributed by atoms with Gasteiger partial charge in [0.2, 0.25) is 12.4 Å². The predicted molar refractivity (Wildman–Crippen MR) is 188 cm³/mol. The fraction of sp³-hybridized carbons (Fsp3) is 0.200. The first kappa shape index (κ1) is 43.0. The molecule has 284 valence electrons. The molecule has 0 aliphatic carbocycles. The highest BCUT2D eigenvalue weighted by Gasteiger charge is 2.35. The lowest BCUT2D eigenvalue weighted by Gasteiger charge is -2.37. The van der Waals surface area contributed by atoms with Crippen molar-refractivity contribution in [3.63, 3.8) is 0 Å². The van der Waals surface area contributed by atoms with E-state index in [0.29, 0.717) is 6.42 Å². The van der Waals surface area contributed by atoms with Gasteiger partial charge in [0, 0.05) is 45.7 Å². The van der Waals surface area contributed by atoms with Gasteiger partial charge in [-0.2, -0.15) is 26.3 Å². The van der Waals surface area contributed by atoms with Crippen molar-refractivity contribution >= 4 is 19.0 Å². The highest BCUT2D eigenvalue weighted by Crippen LogP contribution is 2.43. The molecule has 0 saturated heterocycles. The first-order valence-corrected chi connectivity index (χ1v) is 16.9. The third-order valence-corrected chi connectivity index (χ3v) is 7.72. The summed E-state index contributed by atoms with van der Waals surface area (Å²) in [5.74, 6) is -3.14. The molecule has 0 fully saturated rings. The van der Waals surface area contributed by atoms with Gasteiger partial charge in [-0.25, -0.2) is 0 Å². The van der Waals surface area contributed by atoms with E-state index in [0.717, 1.165) is 15.9 Å². The van der Waals surface area contributed by atoms with Crippen molar-refractivity contribution in [2.75, 3.05) is 19.8 Å². The van der Waals surface area contributed by atoms with Gasteiger partial charge in [-0.3, -0.25) is 9.68 Å². The van der Waals surface area contributed by atoms with Gasteiger partial charge in [-0.05, 0) is 55.5 Å². The number of hydrogen-bond donors (Lipinski definition) is 0. The number of benzene rings is 3. The molecule has 0 bridgehead atoms. The van der Waals surface area contributed by atoms with E-state index in [1.54, 1.807) is 26.0 Å². The summed E-state index contributed by atoms with van der Waals surface area (Å²) in [5, 5.41) is 21.4. The minimum Gasteiger partial charge on any atom is -0.871 e. The monoisotopic (exact) mass is 752 g/mol. The fourth-order valence-electron chi connectivity index (χ4n) is 5.51. The summed E-state index contributed by atoms with van der Waals surface area (Å²) >= 11 is 0. The lowest BCUT2D eigenvalue weighted by atomic mass is 9.67. The number of aromatic nitrogens is 2.